The molecule has 0 saturated carbocycles. The molecule has 0 unspecified atom stereocenters. The van der Waals surface area contributed by atoms with Gasteiger partial charge >= 0.3 is 5.56 Å². The highest BCUT2D eigenvalue weighted by molar-refractivity contribution is 5.58. The third-order valence-corrected chi connectivity index (χ3v) is 2.67. The van der Waals surface area contributed by atoms with Gasteiger partial charge in [0.2, 0.25) is 5.49 Å². The fraction of sp³-hybridized carbons (Fsp3) is 0.500. The zero-order valence-electron chi connectivity index (χ0n) is 8.55. The number of hydrogen-bond acceptors (Lipinski definition) is 6. The Morgan fingerprint density at radius 3 is 2.31 bits per heavy atom. The monoisotopic (exact) mass is 227 g/mol. The van der Waals surface area contributed by atoms with Crippen molar-refractivity contribution in [2.75, 3.05) is 23.7 Å². The summed E-state index contributed by atoms with van der Waals surface area (Å²) in [6.45, 7) is 1.31. The molecule has 1 saturated heterocycles. The van der Waals surface area contributed by atoms with E-state index in [4.69, 9.17) is 11.1 Å². The number of rotatable bonds is 1. The van der Waals surface area contributed by atoms with Gasteiger partial charge in [0.15, 0.2) is 11.6 Å². The lowest BCUT2D eigenvalue weighted by molar-refractivity contribution is 0.142. The fourth-order valence-corrected chi connectivity index (χ4v) is 1.84. The third-order valence-electron chi connectivity index (χ3n) is 2.67. The molecule has 0 radical (unpaired) electrons. The van der Waals surface area contributed by atoms with Gasteiger partial charge in [0, 0.05) is 13.1 Å². The summed E-state index contributed by atoms with van der Waals surface area (Å²) in [5, 5.41) is 26.2. The quantitative estimate of drug-likeness (QED) is 0.448. The van der Waals surface area contributed by atoms with E-state index in [2.05, 4.69) is 0 Å². The van der Waals surface area contributed by atoms with Gasteiger partial charge in [-0.2, -0.15) is 0 Å². The molecular formula is C8H13N5O3. The van der Waals surface area contributed by atoms with Gasteiger partial charge in [0.05, 0.1) is 0 Å². The summed E-state index contributed by atoms with van der Waals surface area (Å²) in [5.74, 6) is -0.171. The average Bonchev–Trinajstić information content (AvgIpc) is 2.77. The van der Waals surface area contributed by atoms with Gasteiger partial charge < -0.3 is 21.0 Å². The molecular weight excluding hydrogens is 214 g/mol. The minimum atomic E-state index is -1.00. The Hall–Kier alpha value is -2.12. The van der Waals surface area contributed by atoms with Crippen LogP contribution in [0.3, 0.4) is 0 Å². The molecule has 0 aliphatic carbocycles. The van der Waals surface area contributed by atoms with E-state index in [1.54, 1.807) is 4.90 Å². The minimum absolute atomic E-state index is 0.0426. The summed E-state index contributed by atoms with van der Waals surface area (Å²) in [6.07, 6.45) is 1.86. The zero-order valence-corrected chi connectivity index (χ0v) is 8.55. The number of aromatic nitrogens is 2. The molecule has 2 rings (SSSR count). The molecule has 8 heteroatoms. The first-order valence-electron chi connectivity index (χ1n) is 4.89. The van der Waals surface area contributed by atoms with E-state index >= 15 is 0 Å². The van der Waals surface area contributed by atoms with Crippen LogP contribution in [0.15, 0.2) is 4.79 Å². The SMILES string of the molecule is N=c1c(=O)n(O)c(N2CCCC2)c(N)n1O. The number of hydrogen-bond donors (Lipinski definition) is 4. The molecule has 1 aliphatic rings. The van der Waals surface area contributed by atoms with Crippen LogP contribution in [0.2, 0.25) is 0 Å². The largest absolute Gasteiger partial charge is 0.425 e. The third kappa shape index (κ3) is 1.30. The molecule has 1 aromatic rings. The highest BCUT2D eigenvalue weighted by Gasteiger charge is 2.22. The summed E-state index contributed by atoms with van der Waals surface area (Å²) in [7, 11) is 0. The van der Waals surface area contributed by atoms with Gasteiger partial charge in [0.25, 0.3) is 0 Å². The smallest absolute Gasteiger partial charge is 0.330 e. The number of nitrogens with two attached hydrogens (primary N) is 1. The van der Waals surface area contributed by atoms with Crippen molar-refractivity contribution in [3.8, 4) is 0 Å². The second kappa shape index (κ2) is 3.47. The Morgan fingerprint density at radius 2 is 1.75 bits per heavy atom. The predicted molar refractivity (Wildman–Crippen MR) is 54.8 cm³/mol. The lowest BCUT2D eigenvalue weighted by Crippen LogP contribution is -2.44. The van der Waals surface area contributed by atoms with Crippen molar-refractivity contribution in [3.63, 3.8) is 0 Å². The first-order valence-corrected chi connectivity index (χ1v) is 4.89. The Morgan fingerprint density at radius 1 is 1.19 bits per heavy atom. The molecule has 0 aromatic carbocycles. The lowest BCUT2D eigenvalue weighted by atomic mass is 10.4. The molecule has 0 spiro atoms. The summed E-state index contributed by atoms with van der Waals surface area (Å²) in [5.41, 5.74) is 3.79. The van der Waals surface area contributed by atoms with Crippen LogP contribution in [0, 0.1) is 5.41 Å². The molecule has 5 N–H and O–H groups in total. The van der Waals surface area contributed by atoms with Gasteiger partial charge in [-0.05, 0) is 12.8 Å². The van der Waals surface area contributed by atoms with Crippen molar-refractivity contribution in [1.82, 2.24) is 9.46 Å². The molecule has 0 amide bonds. The van der Waals surface area contributed by atoms with Gasteiger partial charge in [-0.3, -0.25) is 10.2 Å². The predicted octanol–water partition coefficient (Wildman–Crippen LogP) is -1.21. The van der Waals surface area contributed by atoms with Gasteiger partial charge in [-0.1, -0.05) is 0 Å². The second-order valence-electron chi connectivity index (χ2n) is 3.68. The molecule has 1 aromatic heterocycles. The fourth-order valence-electron chi connectivity index (χ4n) is 1.84. The maximum absolute atomic E-state index is 11.4. The van der Waals surface area contributed by atoms with E-state index in [0.29, 0.717) is 17.8 Å². The minimum Gasteiger partial charge on any atom is -0.425 e. The van der Waals surface area contributed by atoms with Crippen LogP contribution in [0.25, 0.3) is 0 Å². The van der Waals surface area contributed by atoms with Crippen LogP contribution in [-0.2, 0) is 0 Å². The van der Waals surface area contributed by atoms with Crippen molar-refractivity contribution in [3.05, 3.63) is 15.8 Å². The van der Waals surface area contributed by atoms with Crippen LogP contribution in [0.4, 0.5) is 11.6 Å². The summed E-state index contributed by atoms with van der Waals surface area (Å²) in [4.78, 5) is 13.1. The number of nitrogen functional groups attached to an aromatic ring is 1. The van der Waals surface area contributed by atoms with Gasteiger partial charge in [-0.25, -0.2) is 0 Å². The highest BCUT2D eigenvalue weighted by atomic mass is 16.5. The van der Waals surface area contributed by atoms with E-state index in [1.807, 2.05) is 0 Å². The normalized spacial score (nSPS) is 15.6. The molecule has 2 heterocycles. The van der Waals surface area contributed by atoms with Gasteiger partial charge in [0.1, 0.15) is 0 Å². The van der Waals surface area contributed by atoms with Crippen LogP contribution in [0.5, 0.6) is 0 Å². The van der Waals surface area contributed by atoms with Gasteiger partial charge in [-0.15, -0.1) is 9.46 Å². The molecule has 0 bridgehead atoms. The summed E-state index contributed by atoms with van der Waals surface area (Å²) in [6, 6.07) is 0. The molecule has 88 valence electrons. The van der Waals surface area contributed by atoms with Crippen molar-refractivity contribution in [2.45, 2.75) is 12.8 Å². The van der Waals surface area contributed by atoms with E-state index < -0.39 is 11.0 Å². The van der Waals surface area contributed by atoms with E-state index in [-0.39, 0.29) is 16.4 Å². The number of anilines is 2. The highest BCUT2D eigenvalue weighted by Crippen LogP contribution is 2.22. The van der Waals surface area contributed by atoms with Crippen LogP contribution < -0.4 is 21.7 Å². The number of nitrogens with zero attached hydrogens (tertiary/aromatic N) is 3. The number of nitrogens with one attached hydrogen (secondary N) is 1. The topological polar surface area (TPSA) is 120 Å². The first-order chi connectivity index (χ1) is 7.54. The van der Waals surface area contributed by atoms with Crippen LogP contribution in [-0.4, -0.2) is 33.0 Å². The zero-order chi connectivity index (χ0) is 11.9. The molecule has 0 atom stereocenters. The van der Waals surface area contributed by atoms with Crippen molar-refractivity contribution in [2.24, 2.45) is 0 Å². The van der Waals surface area contributed by atoms with E-state index in [9.17, 15) is 15.2 Å². The maximum atomic E-state index is 11.4. The van der Waals surface area contributed by atoms with Crippen LogP contribution >= 0.6 is 0 Å². The first kappa shape index (κ1) is 10.4. The molecule has 1 aliphatic heterocycles. The second-order valence-corrected chi connectivity index (χ2v) is 3.68. The summed E-state index contributed by atoms with van der Waals surface area (Å²) >= 11 is 0. The van der Waals surface area contributed by atoms with Crippen LogP contribution in [0.1, 0.15) is 12.8 Å². The summed E-state index contributed by atoms with van der Waals surface area (Å²) < 4.78 is 0.596. The Bertz CT molecular complexity index is 526. The van der Waals surface area contributed by atoms with E-state index in [1.165, 1.54) is 0 Å². The molecule has 16 heavy (non-hydrogen) atoms. The lowest BCUT2D eigenvalue weighted by Gasteiger charge is -2.21. The van der Waals surface area contributed by atoms with E-state index in [0.717, 1.165) is 12.8 Å². The maximum Gasteiger partial charge on any atom is 0.330 e. The van der Waals surface area contributed by atoms with Crippen molar-refractivity contribution >= 4 is 11.6 Å². The van der Waals surface area contributed by atoms with Crippen molar-refractivity contribution < 1.29 is 10.4 Å². The Labute approximate surface area is 90.2 Å². The Balaban J connectivity index is 2.69. The standard InChI is InChI=1S/C8H13N5O3/c9-5-7(11-3-1-2-4-11)13(16)8(14)6(10)12(5)15/h10,15-16H,1-4,9H2. The molecule has 1 fully saturated rings. The molecule has 8 nitrogen and oxygen atoms in total. The Kier molecular flexibility index (Phi) is 2.26. The average molecular weight is 227 g/mol. The van der Waals surface area contributed by atoms with Crippen molar-refractivity contribution in [1.29, 1.82) is 5.41 Å².